The molecule has 3 saturated heterocycles. The van der Waals surface area contributed by atoms with Gasteiger partial charge in [0.1, 0.15) is 11.9 Å². The van der Waals surface area contributed by atoms with Crippen molar-refractivity contribution < 1.29 is 23.5 Å². The fourth-order valence-corrected chi connectivity index (χ4v) is 4.07. The summed E-state index contributed by atoms with van der Waals surface area (Å²) >= 11 is 0. The highest BCUT2D eigenvalue weighted by molar-refractivity contribution is 5.90. The lowest BCUT2D eigenvalue weighted by atomic mass is 10.1. The van der Waals surface area contributed by atoms with E-state index in [-0.39, 0.29) is 37.0 Å². The molecule has 152 valence electrons. The number of hydrogen-bond donors (Lipinski definition) is 1. The number of morpholine rings is 1. The molecule has 3 atom stereocenters. The first-order valence-corrected chi connectivity index (χ1v) is 9.51. The number of likely N-dealkylation sites (N-methyl/N-ethyl adjacent to an activating group) is 1. The second-order valence-corrected chi connectivity index (χ2v) is 7.55. The zero-order valence-electron chi connectivity index (χ0n) is 16.1. The molecule has 1 N–H and O–H groups in total. The van der Waals surface area contributed by atoms with Crippen molar-refractivity contribution in [3.63, 3.8) is 0 Å². The summed E-state index contributed by atoms with van der Waals surface area (Å²) in [5.41, 5.74) is 0.957. The third kappa shape index (κ3) is 3.64. The Labute approximate surface area is 163 Å². The highest BCUT2D eigenvalue weighted by Crippen LogP contribution is 2.32. The third-order valence-corrected chi connectivity index (χ3v) is 5.62. The van der Waals surface area contributed by atoms with Crippen molar-refractivity contribution in [2.75, 3.05) is 56.2 Å². The molecule has 0 bridgehead atoms. The monoisotopic (exact) mass is 392 g/mol. The molecule has 3 heterocycles. The number of ether oxygens (including phenoxy) is 2. The fourth-order valence-electron chi connectivity index (χ4n) is 4.07. The van der Waals surface area contributed by atoms with E-state index in [9.17, 15) is 14.0 Å². The van der Waals surface area contributed by atoms with Crippen LogP contribution in [0.1, 0.15) is 6.92 Å². The van der Waals surface area contributed by atoms with Crippen molar-refractivity contribution in [3.05, 3.63) is 24.0 Å². The topological polar surface area (TPSA) is 74.4 Å². The van der Waals surface area contributed by atoms with Crippen LogP contribution in [0.15, 0.2) is 18.2 Å². The molecule has 9 heteroatoms. The van der Waals surface area contributed by atoms with Crippen LogP contribution in [0.5, 0.6) is 0 Å². The van der Waals surface area contributed by atoms with E-state index < -0.39 is 12.2 Å². The summed E-state index contributed by atoms with van der Waals surface area (Å²) in [5.74, 6) is -0.567. The number of nitrogens with one attached hydrogen (secondary N) is 1. The Morgan fingerprint density at radius 3 is 2.86 bits per heavy atom. The number of carbonyl (C=O) groups excluding carboxylic acids is 2. The molecule has 28 heavy (non-hydrogen) atoms. The van der Waals surface area contributed by atoms with Gasteiger partial charge in [0.2, 0.25) is 5.91 Å². The van der Waals surface area contributed by atoms with Crippen molar-refractivity contribution in [1.82, 2.24) is 10.2 Å². The average molecular weight is 392 g/mol. The van der Waals surface area contributed by atoms with Crippen molar-refractivity contribution in [1.29, 1.82) is 0 Å². The summed E-state index contributed by atoms with van der Waals surface area (Å²) < 4.78 is 25.9. The number of amides is 2. The van der Waals surface area contributed by atoms with Crippen LogP contribution in [0.3, 0.4) is 0 Å². The molecule has 0 saturated carbocycles. The zero-order valence-corrected chi connectivity index (χ0v) is 16.1. The van der Waals surface area contributed by atoms with Gasteiger partial charge in [0.05, 0.1) is 43.2 Å². The molecule has 1 unspecified atom stereocenters. The lowest BCUT2D eigenvalue weighted by molar-refractivity contribution is -0.119. The van der Waals surface area contributed by atoms with Gasteiger partial charge in [0.25, 0.3) is 0 Å². The highest BCUT2D eigenvalue weighted by atomic mass is 19.1. The standard InChI is InChI=1S/C19H25FN4O4/c1-12(25)21-8-14-9-24(19(26)28-14)13-3-4-16(15(20)7-13)23-10-17-18(11-23)27-6-5-22(17)2/h3-4,7,14,17-18H,5-6,8-11H2,1-2H3,(H,21,25)/t14?,17-,18-/m0/s1. The number of anilines is 2. The van der Waals surface area contributed by atoms with E-state index in [0.29, 0.717) is 31.1 Å². The van der Waals surface area contributed by atoms with Gasteiger partial charge in [-0.25, -0.2) is 9.18 Å². The quantitative estimate of drug-likeness (QED) is 0.817. The summed E-state index contributed by atoms with van der Waals surface area (Å²) in [6.07, 6.45) is -0.904. The van der Waals surface area contributed by atoms with Gasteiger partial charge in [0, 0.05) is 26.6 Å². The maximum absolute atomic E-state index is 14.9. The zero-order chi connectivity index (χ0) is 19.8. The minimum atomic E-state index is -0.537. The second kappa shape index (κ2) is 7.56. The van der Waals surface area contributed by atoms with Crippen LogP contribution in [-0.2, 0) is 14.3 Å². The van der Waals surface area contributed by atoms with Crippen molar-refractivity contribution in [3.8, 4) is 0 Å². The first kappa shape index (κ1) is 18.9. The van der Waals surface area contributed by atoms with Gasteiger partial charge < -0.3 is 19.7 Å². The Bertz CT molecular complexity index is 776. The molecule has 2 amide bonds. The number of cyclic esters (lactones) is 1. The van der Waals surface area contributed by atoms with Gasteiger partial charge >= 0.3 is 6.09 Å². The van der Waals surface area contributed by atoms with Crippen LogP contribution < -0.4 is 15.1 Å². The molecule has 4 rings (SSSR count). The van der Waals surface area contributed by atoms with Crippen LogP contribution in [0, 0.1) is 5.82 Å². The second-order valence-electron chi connectivity index (χ2n) is 7.55. The lowest BCUT2D eigenvalue weighted by Crippen LogP contribution is -2.48. The Kier molecular flexibility index (Phi) is 5.11. The molecule has 8 nitrogen and oxygen atoms in total. The van der Waals surface area contributed by atoms with Crippen LogP contribution >= 0.6 is 0 Å². The molecule has 3 aliphatic rings. The predicted molar refractivity (Wildman–Crippen MR) is 101 cm³/mol. The molecule has 3 aliphatic heterocycles. The third-order valence-electron chi connectivity index (χ3n) is 5.62. The Balaban J connectivity index is 1.45. The van der Waals surface area contributed by atoms with Gasteiger partial charge in [-0.05, 0) is 25.2 Å². The van der Waals surface area contributed by atoms with Gasteiger partial charge in [-0.3, -0.25) is 14.6 Å². The van der Waals surface area contributed by atoms with Crippen molar-refractivity contribution in [2.24, 2.45) is 0 Å². The average Bonchev–Trinajstić information content (AvgIpc) is 3.24. The molecule has 0 aromatic heterocycles. The van der Waals surface area contributed by atoms with Gasteiger partial charge in [-0.15, -0.1) is 0 Å². The molecule has 1 aromatic rings. The maximum atomic E-state index is 14.9. The van der Waals surface area contributed by atoms with E-state index in [1.807, 2.05) is 4.90 Å². The Morgan fingerprint density at radius 1 is 1.32 bits per heavy atom. The van der Waals surface area contributed by atoms with E-state index >= 15 is 0 Å². The normalized spacial score (nSPS) is 27.7. The molecular formula is C19H25FN4O4. The molecule has 1 aromatic carbocycles. The predicted octanol–water partition coefficient (Wildman–Crippen LogP) is 0.806. The first-order chi connectivity index (χ1) is 13.4. The van der Waals surface area contributed by atoms with E-state index in [1.165, 1.54) is 17.9 Å². The van der Waals surface area contributed by atoms with E-state index in [0.717, 1.165) is 6.54 Å². The number of fused-ring (bicyclic) bond motifs is 1. The van der Waals surface area contributed by atoms with Gasteiger partial charge in [-0.2, -0.15) is 0 Å². The van der Waals surface area contributed by atoms with Crippen LogP contribution in [0.25, 0.3) is 0 Å². The minimum Gasteiger partial charge on any atom is -0.442 e. The molecule has 0 spiro atoms. The van der Waals surface area contributed by atoms with Gasteiger partial charge in [-0.1, -0.05) is 0 Å². The fraction of sp³-hybridized carbons (Fsp3) is 0.579. The summed E-state index contributed by atoms with van der Waals surface area (Å²) in [6, 6.07) is 5.06. The summed E-state index contributed by atoms with van der Waals surface area (Å²) in [4.78, 5) is 28.8. The van der Waals surface area contributed by atoms with E-state index in [1.54, 1.807) is 12.1 Å². The molecular weight excluding hydrogens is 367 g/mol. The summed E-state index contributed by atoms with van der Waals surface area (Å²) in [7, 11) is 2.07. The van der Waals surface area contributed by atoms with E-state index in [2.05, 4.69) is 17.3 Å². The number of halogens is 1. The van der Waals surface area contributed by atoms with Crippen LogP contribution in [-0.4, -0.2) is 81.5 Å². The smallest absolute Gasteiger partial charge is 0.414 e. The van der Waals surface area contributed by atoms with Crippen LogP contribution in [0.4, 0.5) is 20.6 Å². The number of carbonyl (C=O) groups is 2. The molecule has 0 aliphatic carbocycles. The van der Waals surface area contributed by atoms with Crippen molar-refractivity contribution in [2.45, 2.75) is 25.2 Å². The minimum absolute atomic E-state index is 0.0842. The van der Waals surface area contributed by atoms with Gasteiger partial charge in [0.15, 0.2) is 0 Å². The summed E-state index contributed by atoms with van der Waals surface area (Å²) in [5, 5.41) is 2.63. The molecule has 0 radical (unpaired) electrons. The maximum Gasteiger partial charge on any atom is 0.414 e. The first-order valence-electron chi connectivity index (χ1n) is 9.51. The Hall–Kier alpha value is -2.39. The lowest BCUT2D eigenvalue weighted by Gasteiger charge is -2.33. The number of nitrogens with zero attached hydrogens (tertiary/aromatic N) is 3. The number of rotatable bonds is 4. The van der Waals surface area contributed by atoms with Crippen molar-refractivity contribution >= 4 is 23.4 Å². The largest absolute Gasteiger partial charge is 0.442 e. The number of hydrogen-bond acceptors (Lipinski definition) is 6. The summed E-state index contributed by atoms with van der Waals surface area (Å²) in [6.45, 7) is 4.85. The van der Waals surface area contributed by atoms with Crippen LogP contribution in [0.2, 0.25) is 0 Å². The number of benzene rings is 1. The SMILES string of the molecule is CC(=O)NCC1CN(c2ccc(N3C[C@@H]4OCCN(C)[C@H]4C3)c(F)c2)C(=O)O1. The highest BCUT2D eigenvalue weighted by Gasteiger charge is 2.39. The van der Waals surface area contributed by atoms with E-state index in [4.69, 9.17) is 9.47 Å². The molecule has 3 fully saturated rings. The Morgan fingerprint density at radius 2 is 2.14 bits per heavy atom.